The SMILES string of the molecule is O=[N+]([O-])c1ccc2c(c1)/C(=C1/SC(c3ccccc3)=C[Se]1)c1cc([N+](=O)[O-])cc([N+](=O)[O-])c1-2. The summed E-state index contributed by atoms with van der Waals surface area (Å²) < 4.78 is 0.886. The number of benzene rings is 3. The number of thioether (sulfide) groups is 1. The first kappa shape index (κ1) is 21.1. The normalized spacial score (nSPS) is 16.2. The zero-order valence-corrected chi connectivity index (χ0v) is 19.0. The van der Waals surface area contributed by atoms with Crippen molar-refractivity contribution in [2.45, 2.75) is 0 Å². The fraction of sp³-hybridized carbons (Fsp3) is 0. The van der Waals surface area contributed by atoms with Gasteiger partial charge in [0, 0.05) is 0 Å². The molecule has 162 valence electrons. The van der Waals surface area contributed by atoms with Gasteiger partial charge >= 0.3 is 197 Å². The molecule has 33 heavy (non-hydrogen) atoms. The molecule has 3 aromatic rings. The first-order valence-corrected chi connectivity index (χ1v) is 12.1. The molecular weight excluding hydrogens is 513 g/mol. The molecule has 11 heteroatoms. The van der Waals surface area contributed by atoms with Gasteiger partial charge < -0.3 is 0 Å². The van der Waals surface area contributed by atoms with Gasteiger partial charge in [-0.3, -0.25) is 0 Å². The van der Waals surface area contributed by atoms with Gasteiger partial charge in [-0.15, -0.1) is 0 Å². The minimum absolute atomic E-state index is 0.149. The molecule has 1 aliphatic carbocycles. The van der Waals surface area contributed by atoms with Crippen molar-refractivity contribution in [1.29, 1.82) is 0 Å². The molecule has 5 rings (SSSR count). The summed E-state index contributed by atoms with van der Waals surface area (Å²) in [6, 6.07) is 16.1. The van der Waals surface area contributed by atoms with Crippen LogP contribution in [0.1, 0.15) is 16.7 Å². The van der Waals surface area contributed by atoms with Gasteiger partial charge in [-0.2, -0.15) is 0 Å². The summed E-state index contributed by atoms with van der Waals surface area (Å²) in [6.45, 7) is 0. The second kappa shape index (κ2) is 7.96. The Morgan fingerprint density at radius 2 is 1.42 bits per heavy atom. The van der Waals surface area contributed by atoms with E-state index in [0.29, 0.717) is 22.3 Å². The topological polar surface area (TPSA) is 129 Å². The van der Waals surface area contributed by atoms with E-state index in [1.54, 1.807) is 0 Å². The molecule has 0 unspecified atom stereocenters. The Labute approximate surface area is 196 Å². The maximum atomic E-state index is 11.8. The summed E-state index contributed by atoms with van der Waals surface area (Å²) in [7, 11) is 0. The number of nitro benzene ring substituents is 3. The maximum absolute atomic E-state index is 11.8. The standard InChI is InChI=1S/C22H11N3O6SSe/c26-23(27)13-6-7-15-16(8-13)21(22-32-19(11-33-22)12-4-2-1-3-5-12)17-9-14(24(28)29)10-18(20(15)17)25(30)31/h1-11H/b22-21+. The van der Waals surface area contributed by atoms with E-state index in [1.807, 2.05) is 30.3 Å². The van der Waals surface area contributed by atoms with Crippen molar-refractivity contribution in [3.8, 4) is 11.1 Å². The number of fused-ring (bicyclic) bond motifs is 3. The summed E-state index contributed by atoms with van der Waals surface area (Å²) in [4.78, 5) is 36.0. The van der Waals surface area contributed by atoms with E-state index in [-0.39, 0.29) is 26.2 Å². The molecule has 0 atom stereocenters. The molecule has 0 fully saturated rings. The Morgan fingerprint density at radius 1 is 0.727 bits per heavy atom. The first-order valence-electron chi connectivity index (χ1n) is 9.46. The molecule has 0 saturated carbocycles. The van der Waals surface area contributed by atoms with Gasteiger partial charge in [-0.25, -0.2) is 0 Å². The van der Waals surface area contributed by atoms with E-state index >= 15 is 0 Å². The van der Waals surface area contributed by atoms with Crippen molar-refractivity contribution in [2.24, 2.45) is 0 Å². The van der Waals surface area contributed by atoms with Crippen molar-refractivity contribution in [1.82, 2.24) is 0 Å². The molecule has 2 aliphatic rings. The van der Waals surface area contributed by atoms with E-state index in [4.69, 9.17) is 0 Å². The van der Waals surface area contributed by atoms with Crippen LogP contribution in [0.4, 0.5) is 17.1 Å². The predicted molar refractivity (Wildman–Crippen MR) is 126 cm³/mol. The summed E-state index contributed by atoms with van der Waals surface area (Å²) >= 11 is 1.33. The van der Waals surface area contributed by atoms with Gasteiger partial charge in [-0.05, 0) is 0 Å². The quantitative estimate of drug-likeness (QED) is 0.194. The average Bonchev–Trinajstić information content (AvgIpc) is 3.40. The van der Waals surface area contributed by atoms with Gasteiger partial charge in [0.2, 0.25) is 0 Å². The van der Waals surface area contributed by atoms with Crippen LogP contribution in [-0.4, -0.2) is 29.7 Å². The molecule has 1 aliphatic heterocycles. The number of non-ortho nitro benzene ring substituents is 2. The monoisotopic (exact) mass is 525 g/mol. The van der Waals surface area contributed by atoms with Gasteiger partial charge in [0.25, 0.3) is 0 Å². The zero-order valence-electron chi connectivity index (χ0n) is 16.5. The van der Waals surface area contributed by atoms with Crippen molar-refractivity contribution in [3.05, 3.63) is 116 Å². The number of nitrogens with zero attached hydrogens (tertiary/aromatic N) is 3. The van der Waals surface area contributed by atoms with Gasteiger partial charge in [0.05, 0.1) is 0 Å². The Hall–Kier alpha value is -3.79. The molecule has 0 aromatic heterocycles. The number of nitro groups is 3. The average molecular weight is 524 g/mol. The van der Waals surface area contributed by atoms with E-state index in [1.165, 1.54) is 36.0 Å². The Bertz CT molecular complexity index is 1450. The van der Waals surface area contributed by atoms with Crippen molar-refractivity contribution < 1.29 is 14.8 Å². The molecule has 9 nitrogen and oxygen atoms in total. The molecule has 0 saturated heterocycles. The molecule has 0 N–H and O–H groups in total. The molecular formula is C22H11N3O6SSe. The van der Waals surface area contributed by atoms with Crippen LogP contribution >= 0.6 is 11.8 Å². The molecule has 1 heterocycles. The van der Waals surface area contributed by atoms with Crippen LogP contribution in [0.3, 0.4) is 0 Å². The van der Waals surface area contributed by atoms with Crippen LogP contribution in [-0.2, 0) is 0 Å². The summed E-state index contributed by atoms with van der Waals surface area (Å²) in [5, 5.41) is 34.8. The van der Waals surface area contributed by atoms with Gasteiger partial charge in [0.1, 0.15) is 0 Å². The summed E-state index contributed by atoms with van der Waals surface area (Å²) in [5.41, 5.74) is 2.22. The number of rotatable bonds is 4. The third-order valence-corrected chi connectivity index (χ3v) is 9.21. The Balaban J connectivity index is 1.77. The van der Waals surface area contributed by atoms with E-state index in [9.17, 15) is 30.3 Å². The number of hydrogen-bond acceptors (Lipinski definition) is 7. The van der Waals surface area contributed by atoms with Crippen LogP contribution in [0, 0.1) is 30.3 Å². The fourth-order valence-corrected chi connectivity index (χ4v) is 7.86. The number of hydrogen-bond donors (Lipinski definition) is 0. The van der Waals surface area contributed by atoms with Crippen molar-refractivity contribution in [3.63, 3.8) is 0 Å². The summed E-state index contributed by atoms with van der Waals surface area (Å²) in [5.74, 6) is 0. The predicted octanol–water partition coefficient (Wildman–Crippen LogP) is 5.56. The first-order chi connectivity index (χ1) is 15.8. The van der Waals surface area contributed by atoms with E-state index < -0.39 is 26.1 Å². The van der Waals surface area contributed by atoms with Crippen LogP contribution in [0.25, 0.3) is 21.6 Å². The van der Waals surface area contributed by atoms with Crippen LogP contribution < -0.4 is 0 Å². The van der Waals surface area contributed by atoms with E-state index in [0.717, 1.165) is 20.3 Å². The van der Waals surface area contributed by atoms with Gasteiger partial charge in [0.15, 0.2) is 0 Å². The molecule has 0 radical (unpaired) electrons. The zero-order chi connectivity index (χ0) is 23.3. The third-order valence-electron chi connectivity index (χ3n) is 5.27. The second-order valence-electron chi connectivity index (χ2n) is 7.12. The Morgan fingerprint density at radius 3 is 2.09 bits per heavy atom. The molecule has 0 spiro atoms. The molecule has 0 bridgehead atoms. The van der Waals surface area contributed by atoms with Crippen molar-refractivity contribution >= 4 is 54.3 Å². The fourth-order valence-electron chi connectivity index (χ4n) is 3.87. The summed E-state index contributed by atoms with van der Waals surface area (Å²) in [6.07, 6.45) is 0. The molecule has 0 amide bonds. The van der Waals surface area contributed by atoms with E-state index in [2.05, 4.69) is 4.97 Å². The Kier molecular flexibility index (Phi) is 5.09. The van der Waals surface area contributed by atoms with Crippen LogP contribution in [0.15, 0.2) is 69.4 Å². The molecule has 3 aromatic carbocycles. The van der Waals surface area contributed by atoms with Crippen LogP contribution in [0.5, 0.6) is 0 Å². The minimum atomic E-state index is -0.665. The van der Waals surface area contributed by atoms with Gasteiger partial charge in [-0.1, -0.05) is 0 Å². The van der Waals surface area contributed by atoms with Crippen molar-refractivity contribution in [2.75, 3.05) is 0 Å². The third kappa shape index (κ3) is 3.52. The van der Waals surface area contributed by atoms with Crippen LogP contribution in [0.2, 0.25) is 0 Å². The second-order valence-corrected chi connectivity index (χ2v) is 10.6.